The summed E-state index contributed by atoms with van der Waals surface area (Å²) >= 11 is 0. The molecule has 0 aliphatic rings. The third-order valence-electron chi connectivity index (χ3n) is 6.75. The molecule has 0 heterocycles. The summed E-state index contributed by atoms with van der Waals surface area (Å²) in [7, 11) is 0. The van der Waals surface area contributed by atoms with Gasteiger partial charge in [-0.1, -0.05) is 68.4 Å². The molecule has 0 aliphatic carbocycles. The number of halogens is 6. The zero-order valence-corrected chi connectivity index (χ0v) is 23.0. The monoisotopic (exact) mass is 602 g/mol. The lowest BCUT2D eigenvalue weighted by Gasteiger charge is -2.30. The minimum Gasteiger partial charge on any atom is -0.382 e. The smallest absolute Gasteiger partial charge is 0.382 e. The van der Waals surface area contributed by atoms with Crippen molar-refractivity contribution in [3.05, 3.63) is 94.8 Å². The van der Waals surface area contributed by atoms with Gasteiger partial charge in [0.2, 0.25) is 5.91 Å². The second kappa shape index (κ2) is 14.2. The van der Waals surface area contributed by atoms with Crippen LogP contribution in [-0.4, -0.2) is 35.7 Å². The van der Waals surface area contributed by atoms with E-state index in [1.54, 1.807) is 42.5 Å². The Bertz CT molecular complexity index is 1500. The molecule has 0 radical (unpaired) electrons. The van der Waals surface area contributed by atoms with E-state index in [-0.39, 0.29) is 23.1 Å². The van der Waals surface area contributed by atoms with Gasteiger partial charge in [-0.05, 0) is 45.9 Å². The Morgan fingerprint density at radius 2 is 1.67 bits per heavy atom. The van der Waals surface area contributed by atoms with Crippen molar-refractivity contribution in [2.45, 2.75) is 57.1 Å². The summed E-state index contributed by atoms with van der Waals surface area (Å²) in [6, 6.07) is 12.9. The van der Waals surface area contributed by atoms with Crippen LogP contribution in [0.1, 0.15) is 48.2 Å². The predicted octanol–water partition coefficient (Wildman–Crippen LogP) is 6.13. The summed E-state index contributed by atoms with van der Waals surface area (Å²) in [6.07, 6.45) is -11.0. The molecule has 226 valence electrons. The van der Waals surface area contributed by atoms with Gasteiger partial charge in [0, 0.05) is 6.42 Å². The molecule has 0 saturated carbocycles. The van der Waals surface area contributed by atoms with E-state index in [1.165, 1.54) is 32.0 Å². The fourth-order valence-corrected chi connectivity index (χ4v) is 4.54. The zero-order valence-electron chi connectivity index (χ0n) is 23.0. The molecule has 43 heavy (non-hydrogen) atoms. The molecule has 0 fully saturated rings. The van der Waals surface area contributed by atoms with E-state index in [4.69, 9.17) is 5.26 Å². The number of benzene rings is 3. The van der Waals surface area contributed by atoms with Crippen LogP contribution in [0.15, 0.2) is 66.7 Å². The molecule has 6 nitrogen and oxygen atoms in total. The maximum Gasteiger partial charge on any atom is 0.407 e. The van der Waals surface area contributed by atoms with Gasteiger partial charge in [-0.25, -0.2) is 13.2 Å². The average molecular weight is 603 g/mol. The first kappa shape index (κ1) is 33.1. The second-order valence-electron chi connectivity index (χ2n) is 10.2. The van der Waals surface area contributed by atoms with E-state index in [2.05, 4.69) is 10.6 Å². The lowest BCUT2D eigenvalue weighted by Crippen LogP contribution is -2.53. The largest absolute Gasteiger partial charge is 0.407 e. The Labute approximate surface area is 244 Å². The van der Waals surface area contributed by atoms with Crippen LogP contribution in [-0.2, 0) is 11.2 Å². The van der Waals surface area contributed by atoms with Crippen molar-refractivity contribution in [3.63, 3.8) is 0 Å². The number of alkyl halides is 5. The summed E-state index contributed by atoms with van der Waals surface area (Å²) in [5.74, 6) is -2.51. The van der Waals surface area contributed by atoms with Gasteiger partial charge < -0.3 is 10.4 Å². The number of carbonyl (C=O) groups is 1. The van der Waals surface area contributed by atoms with Gasteiger partial charge in [0.05, 0.1) is 23.7 Å². The number of hydrogen-bond acceptors (Lipinski definition) is 5. The molecular formula is C31H28F6N4O2. The maximum absolute atomic E-state index is 14.4. The summed E-state index contributed by atoms with van der Waals surface area (Å²) in [4.78, 5) is 13.2. The minimum absolute atomic E-state index is 0.0108. The fraction of sp³-hybridized carbons (Fsp3) is 0.323. The molecular weight excluding hydrogens is 574 g/mol. The molecule has 0 spiro atoms. The number of nitrogens with zero attached hydrogens (tertiary/aromatic N) is 2. The molecule has 1 amide bonds. The number of rotatable bonds is 11. The summed E-state index contributed by atoms with van der Waals surface area (Å²) < 4.78 is 84.7. The lowest BCUT2D eigenvalue weighted by molar-refractivity contribution is -0.161. The number of carbonyl (C=O) groups excluding carboxylic acids is 1. The van der Waals surface area contributed by atoms with Gasteiger partial charge in [0.1, 0.15) is 24.0 Å². The first-order chi connectivity index (χ1) is 20.3. The first-order valence-electron chi connectivity index (χ1n) is 13.1. The van der Waals surface area contributed by atoms with Crippen molar-refractivity contribution in [2.24, 2.45) is 5.92 Å². The summed E-state index contributed by atoms with van der Waals surface area (Å²) in [5, 5.41) is 33.3. The number of amides is 1. The molecule has 12 heteroatoms. The third-order valence-corrected chi connectivity index (χ3v) is 6.75. The second-order valence-corrected chi connectivity index (χ2v) is 10.2. The van der Waals surface area contributed by atoms with Crippen molar-refractivity contribution in [1.82, 2.24) is 10.6 Å². The molecule has 4 atom stereocenters. The van der Waals surface area contributed by atoms with Crippen LogP contribution in [0.2, 0.25) is 0 Å². The fourth-order valence-electron chi connectivity index (χ4n) is 4.54. The molecule has 0 unspecified atom stereocenters. The quantitative estimate of drug-likeness (QED) is 0.229. The molecule has 3 aromatic rings. The molecule has 0 saturated heterocycles. The predicted molar refractivity (Wildman–Crippen MR) is 146 cm³/mol. The molecule has 0 bridgehead atoms. The van der Waals surface area contributed by atoms with E-state index in [0.717, 1.165) is 18.2 Å². The van der Waals surface area contributed by atoms with Crippen molar-refractivity contribution in [3.8, 4) is 23.3 Å². The summed E-state index contributed by atoms with van der Waals surface area (Å²) in [5.41, 5.74) is -0.367. The topological polar surface area (TPSA) is 109 Å². The molecule has 3 N–H and O–H groups in total. The van der Waals surface area contributed by atoms with E-state index in [1.807, 2.05) is 0 Å². The summed E-state index contributed by atoms with van der Waals surface area (Å²) in [6.45, 7) is 2.94. The van der Waals surface area contributed by atoms with E-state index in [9.17, 15) is 41.5 Å². The van der Waals surface area contributed by atoms with Crippen LogP contribution < -0.4 is 10.6 Å². The number of nitriles is 2. The first-order valence-corrected chi connectivity index (χ1v) is 13.1. The Hall–Kier alpha value is -4.39. The Kier molecular flexibility index (Phi) is 10.9. The van der Waals surface area contributed by atoms with Crippen molar-refractivity contribution in [1.29, 1.82) is 10.5 Å². The highest BCUT2D eigenvalue weighted by molar-refractivity contribution is 5.82. The van der Waals surface area contributed by atoms with Crippen LogP contribution in [0.25, 0.3) is 11.1 Å². The number of nitrogens with one attached hydrogen (secondary N) is 2. The van der Waals surface area contributed by atoms with Crippen LogP contribution in [0.4, 0.5) is 26.3 Å². The van der Waals surface area contributed by atoms with Crippen molar-refractivity contribution >= 4 is 5.91 Å². The molecule has 3 aromatic carbocycles. The zero-order chi connectivity index (χ0) is 31.9. The SMILES string of the molecule is CC(C)[C@H](N[C@@H](c1ccc(-c2ccccc2)c([C@@H](O)C(F)F)c1)C(F)(F)F)C(=O)N[C@H](C#N)Cc1ccc(C#N)cc1F. The van der Waals surface area contributed by atoms with Crippen LogP contribution in [0, 0.1) is 34.4 Å². The minimum atomic E-state index is -5.00. The van der Waals surface area contributed by atoms with Gasteiger partial charge in [-0.15, -0.1) is 0 Å². The van der Waals surface area contributed by atoms with E-state index >= 15 is 0 Å². The lowest BCUT2D eigenvalue weighted by atomic mass is 9.91. The van der Waals surface area contributed by atoms with Gasteiger partial charge in [-0.2, -0.15) is 23.7 Å². The number of aliphatic hydroxyl groups excluding tert-OH is 1. The van der Waals surface area contributed by atoms with Crippen LogP contribution >= 0.6 is 0 Å². The van der Waals surface area contributed by atoms with E-state index in [0.29, 0.717) is 5.56 Å². The van der Waals surface area contributed by atoms with Crippen LogP contribution in [0.3, 0.4) is 0 Å². The number of hydrogen-bond donors (Lipinski definition) is 3. The van der Waals surface area contributed by atoms with Gasteiger partial charge in [0.25, 0.3) is 6.43 Å². The standard InChI is InChI=1S/C31H28F6N4O2/c1-17(2)26(30(43)40-22(16-39)13-20-9-8-18(15-38)12-25(20)32)41-28(31(35,36)37)21-10-11-23(19-6-4-3-5-7-19)24(14-21)27(42)29(33)34/h3-12,14,17,22,26-29,41-42H,13H2,1-2H3,(H,40,43)/t22-,26-,27+,28-/m0/s1. The van der Waals surface area contributed by atoms with Crippen molar-refractivity contribution in [2.75, 3.05) is 0 Å². The average Bonchev–Trinajstić information content (AvgIpc) is 2.96. The van der Waals surface area contributed by atoms with Crippen LogP contribution in [0.5, 0.6) is 0 Å². The molecule has 0 aromatic heterocycles. The highest BCUT2D eigenvalue weighted by atomic mass is 19.4. The third kappa shape index (κ3) is 8.34. The van der Waals surface area contributed by atoms with Gasteiger partial charge in [-0.3, -0.25) is 10.1 Å². The Balaban J connectivity index is 1.93. The molecule has 0 aliphatic heterocycles. The van der Waals surface area contributed by atoms with Gasteiger partial charge in [0.15, 0.2) is 0 Å². The molecule has 3 rings (SSSR count). The number of aliphatic hydroxyl groups is 1. The van der Waals surface area contributed by atoms with Crippen molar-refractivity contribution < 1.29 is 36.2 Å². The highest BCUT2D eigenvalue weighted by Gasteiger charge is 2.44. The van der Waals surface area contributed by atoms with E-state index < -0.39 is 65.6 Å². The Morgan fingerprint density at radius 1 is 1.00 bits per heavy atom. The highest BCUT2D eigenvalue weighted by Crippen LogP contribution is 2.38. The Morgan fingerprint density at radius 3 is 2.21 bits per heavy atom. The van der Waals surface area contributed by atoms with Gasteiger partial charge >= 0.3 is 6.18 Å². The normalized spacial score (nSPS) is 14.4. The maximum atomic E-state index is 14.4.